The molecule has 1 N–H and O–H groups in total. The number of amides is 1. The zero-order valence-corrected chi connectivity index (χ0v) is 11.7. The van der Waals surface area contributed by atoms with Crippen LogP contribution in [0.2, 0.25) is 0 Å². The summed E-state index contributed by atoms with van der Waals surface area (Å²) < 4.78 is 0. The minimum Gasteiger partial charge on any atom is -0.356 e. The van der Waals surface area contributed by atoms with Crippen LogP contribution < -0.4 is 5.32 Å². The summed E-state index contributed by atoms with van der Waals surface area (Å²) >= 11 is 0. The third kappa shape index (κ3) is 10.0. The number of carbonyl (C=O) groups is 2. The van der Waals surface area contributed by atoms with Gasteiger partial charge in [0, 0.05) is 26.7 Å². The van der Waals surface area contributed by atoms with Gasteiger partial charge in [0.05, 0.1) is 0 Å². The van der Waals surface area contributed by atoms with Crippen LogP contribution in [-0.4, -0.2) is 18.2 Å². The molecule has 0 saturated heterocycles. The van der Waals surface area contributed by atoms with E-state index in [9.17, 15) is 9.59 Å². The average Bonchev–Trinajstić information content (AvgIpc) is 2.25. The Bertz CT molecular complexity index is 240. The second-order valence-electron chi connectivity index (χ2n) is 5.38. The van der Waals surface area contributed by atoms with Crippen LogP contribution in [0.1, 0.15) is 61.2 Å². The van der Waals surface area contributed by atoms with E-state index in [1.54, 1.807) is 0 Å². The van der Waals surface area contributed by atoms with Gasteiger partial charge in [-0.05, 0) is 18.8 Å². The maximum absolute atomic E-state index is 11.4. The molecule has 0 atom stereocenters. The molecule has 0 aromatic rings. The first-order chi connectivity index (χ1) is 7.93. The van der Waals surface area contributed by atoms with E-state index < -0.39 is 0 Å². The lowest BCUT2D eigenvalue weighted by atomic mass is 10.0. The Balaban J connectivity index is 0. The quantitative estimate of drug-likeness (QED) is 0.632. The number of unbranched alkanes of at least 4 members (excludes halogenated alkanes) is 2. The number of rotatable bonds is 9. The van der Waals surface area contributed by atoms with E-state index in [0.29, 0.717) is 24.5 Å². The van der Waals surface area contributed by atoms with Gasteiger partial charge in [0.15, 0.2) is 0 Å². The van der Waals surface area contributed by atoms with Crippen LogP contribution >= 0.6 is 0 Å². The number of ketones is 1. The lowest BCUT2D eigenvalue weighted by molar-refractivity contribution is -0.122. The van der Waals surface area contributed by atoms with Gasteiger partial charge in [-0.1, -0.05) is 34.1 Å². The predicted molar refractivity (Wildman–Crippen MR) is 72.9 cm³/mol. The van der Waals surface area contributed by atoms with Crippen LogP contribution in [0.25, 0.3) is 0 Å². The molecule has 0 aliphatic heterocycles. The summed E-state index contributed by atoms with van der Waals surface area (Å²) in [6, 6.07) is 0. The molecule has 1 amide bonds. The Morgan fingerprint density at radius 2 is 1.59 bits per heavy atom. The molecule has 0 rings (SSSR count). The molecule has 0 aliphatic carbocycles. The highest BCUT2D eigenvalue weighted by atomic mass is 16.1. The summed E-state index contributed by atoms with van der Waals surface area (Å²) in [6.45, 7) is 8.78. The summed E-state index contributed by atoms with van der Waals surface area (Å²) in [5, 5.41) is 2.89. The second-order valence-corrected chi connectivity index (χ2v) is 5.38. The van der Waals surface area contributed by atoms with Crippen molar-refractivity contribution in [2.45, 2.75) is 59.8 Å². The van der Waals surface area contributed by atoms with E-state index in [2.05, 4.69) is 19.2 Å². The number of nitrogens with one attached hydrogen (secondary N) is 1. The van der Waals surface area contributed by atoms with Gasteiger partial charge in [0.25, 0.3) is 0 Å². The number of carbonyl (C=O) groups excluding carboxylic acids is 2. The molecule has 3 nitrogen and oxygen atoms in total. The van der Waals surface area contributed by atoms with E-state index in [-0.39, 0.29) is 13.3 Å². The molecular weight excluding hydrogens is 214 g/mol. The first-order valence-corrected chi connectivity index (χ1v) is 6.73. The maximum atomic E-state index is 11.4. The maximum Gasteiger partial charge on any atom is 0.220 e. The van der Waals surface area contributed by atoms with Gasteiger partial charge in [-0.25, -0.2) is 0 Å². The normalized spacial score (nSPS) is 10.9. The molecule has 0 aromatic heterocycles. The van der Waals surface area contributed by atoms with E-state index in [1.165, 1.54) is 0 Å². The van der Waals surface area contributed by atoms with Crippen molar-refractivity contribution in [2.24, 2.45) is 11.8 Å². The summed E-state index contributed by atoms with van der Waals surface area (Å²) in [7, 11) is 0. The largest absolute Gasteiger partial charge is 0.356 e. The van der Waals surface area contributed by atoms with Gasteiger partial charge >= 0.3 is 0 Å². The van der Waals surface area contributed by atoms with Gasteiger partial charge in [-0.2, -0.15) is 0 Å². The molecule has 0 unspecified atom stereocenters. The Kier molecular flexibility index (Phi) is 8.73. The zero-order chi connectivity index (χ0) is 13.3. The highest BCUT2D eigenvalue weighted by Crippen LogP contribution is 2.07. The topological polar surface area (TPSA) is 46.2 Å². The van der Waals surface area contributed by atoms with Gasteiger partial charge < -0.3 is 5.32 Å². The number of hydrogen-bond donors (Lipinski definition) is 1. The van der Waals surface area contributed by atoms with Crippen LogP contribution in [0, 0.1) is 11.8 Å². The monoisotopic (exact) mass is 243 g/mol. The Labute approximate surface area is 107 Å². The molecule has 3 heteroatoms. The highest BCUT2D eigenvalue weighted by molar-refractivity contribution is 5.80. The molecule has 0 aromatic carbocycles. The van der Waals surface area contributed by atoms with Gasteiger partial charge in [-0.15, -0.1) is 0 Å². The van der Waals surface area contributed by atoms with Crippen molar-refractivity contribution < 1.29 is 11.0 Å². The number of hydrogen-bond acceptors (Lipinski definition) is 2. The van der Waals surface area contributed by atoms with Crippen LogP contribution in [0.5, 0.6) is 0 Å². The van der Waals surface area contributed by atoms with Gasteiger partial charge in [0.1, 0.15) is 5.78 Å². The predicted octanol–water partition coefficient (Wildman–Crippen LogP) is 3.18. The van der Waals surface area contributed by atoms with Crippen molar-refractivity contribution in [1.29, 1.82) is 0 Å². The van der Waals surface area contributed by atoms with Crippen LogP contribution in [0.4, 0.5) is 0 Å². The Morgan fingerprint density at radius 1 is 1.00 bits per heavy atom. The summed E-state index contributed by atoms with van der Waals surface area (Å²) in [5.74, 6) is 1.11. The van der Waals surface area contributed by atoms with Gasteiger partial charge in [0.2, 0.25) is 5.91 Å². The number of Topliss-reactive ketones (excluding diaryl/α,β-unsaturated/α-hetero) is 1. The second kappa shape index (κ2) is 9.20. The minimum absolute atomic E-state index is 0. The van der Waals surface area contributed by atoms with Crippen molar-refractivity contribution in [3.63, 3.8) is 0 Å². The van der Waals surface area contributed by atoms with Crippen molar-refractivity contribution >= 4 is 11.7 Å². The molecule has 0 radical (unpaired) electrons. The lowest BCUT2D eigenvalue weighted by Gasteiger charge is -2.07. The van der Waals surface area contributed by atoms with E-state index >= 15 is 0 Å². The first kappa shape index (κ1) is 16.1. The fraction of sp³-hybridized carbons (Fsp3) is 0.857. The Hall–Kier alpha value is -0.860. The standard InChI is InChI=1S/C14H27NO2.H2/c1-11(2)10-15-14(17)9-7-5-6-8-13(16)12(3)4;/h11-12H,5-10H2,1-4H3,(H,15,17);1H. The fourth-order valence-electron chi connectivity index (χ4n) is 1.46. The molecule has 17 heavy (non-hydrogen) atoms. The average molecular weight is 243 g/mol. The molecule has 0 aliphatic rings. The molecule has 0 fully saturated rings. The van der Waals surface area contributed by atoms with Crippen molar-refractivity contribution in [3.8, 4) is 0 Å². The molecule has 0 saturated carbocycles. The SMILES string of the molecule is CC(C)CNC(=O)CCCCCC(=O)C(C)C.[HH]. The van der Waals surface area contributed by atoms with Crippen LogP contribution in [-0.2, 0) is 9.59 Å². The highest BCUT2D eigenvalue weighted by Gasteiger charge is 2.06. The Morgan fingerprint density at radius 3 is 2.12 bits per heavy atom. The van der Waals surface area contributed by atoms with Crippen molar-refractivity contribution in [1.82, 2.24) is 5.32 Å². The molecular formula is C14H29NO2. The van der Waals surface area contributed by atoms with E-state index in [0.717, 1.165) is 25.8 Å². The first-order valence-electron chi connectivity index (χ1n) is 6.73. The molecule has 0 spiro atoms. The lowest BCUT2D eigenvalue weighted by Crippen LogP contribution is -2.26. The summed E-state index contributed by atoms with van der Waals surface area (Å²) in [5.41, 5.74) is 0. The van der Waals surface area contributed by atoms with E-state index in [1.807, 2.05) is 13.8 Å². The van der Waals surface area contributed by atoms with Crippen molar-refractivity contribution in [2.75, 3.05) is 6.54 Å². The smallest absolute Gasteiger partial charge is 0.220 e. The summed E-state index contributed by atoms with van der Waals surface area (Å²) in [4.78, 5) is 22.7. The minimum atomic E-state index is 0. The molecule has 0 bridgehead atoms. The fourth-order valence-corrected chi connectivity index (χ4v) is 1.46. The van der Waals surface area contributed by atoms with Crippen molar-refractivity contribution in [3.05, 3.63) is 0 Å². The third-order valence-corrected chi connectivity index (χ3v) is 2.68. The van der Waals surface area contributed by atoms with Gasteiger partial charge in [-0.3, -0.25) is 9.59 Å². The zero-order valence-electron chi connectivity index (χ0n) is 11.7. The summed E-state index contributed by atoms with van der Waals surface area (Å²) in [6.07, 6.45) is 4.01. The third-order valence-electron chi connectivity index (χ3n) is 2.68. The van der Waals surface area contributed by atoms with Crippen LogP contribution in [0.15, 0.2) is 0 Å². The molecule has 102 valence electrons. The van der Waals surface area contributed by atoms with E-state index in [4.69, 9.17) is 0 Å². The van der Waals surface area contributed by atoms with Crippen LogP contribution in [0.3, 0.4) is 0 Å². The molecule has 0 heterocycles.